The molecular formula is C18H23N3O2. The molecule has 0 bridgehead atoms. The van der Waals surface area contributed by atoms with Crippen LogP contribution in [0, 0.1) is 23.2 Å². The first-order chi connectivity index (χ1) is 10.9. The zero-order chi connectivity index (χ0) is 16.6. The second kappa shape index (κ2) is 5.86. The molecule has 1 amide bonds. The average Bonchev–Trinajstić information content (AvgIpc) is 2.93. The number of piperidine rings is 1. The number of hydrogen-bond acceptors (Lipinski definition) is 4. The summed E-state index contributed by atoms with van der Waals surface area (Å²) in [6, 6.07) is 10.3. The zero-order valence-electron chi connectivity index (χ0n) is 13.9. The van der Waals surface area contributed by atoms with Crippen molar-refractivity contribution in [2.24, 2.45) is 11.8 Å². The van der Waals surface area contributed by atoms with Gasteiger partial charge in [-0.15, -0.1) is 0 Å². The van der Waals surface area contributed by atoms with E-state index in [0.717, 1.165) is 25.2 Å². The quantitative estimate of drug-likeness (QED) is 0.931. The number of rotatable bonds is 3. The highest BCUT2D eigenvalue weighted by Crippen LogP contribution is 2.45. The fourth-order valence-electron chi connectivity index (χ4n) is 3.29. The highest BCUT2D eigenvalue weighted by molar-refractivity contribution is 5.69. The minimum atomic E-state index is -0.437. The Kier molecular flexibility index (Phi) is 4.03. The molecule has 1 saturated heterocycles. The molecule has 1 N–H and O–H groups in total. The number of carbonyl (C=O) groups excluding carboxylic acids is 1. The van der Waals surface area contributed by atoms with E-state index in [4.69, 9.17) is 10.00 Å². The topological polar surface area (TPSA) is 65.4 Å². The van der Waals surface area contributed by atoms with Crippen molar-refractivity contribution in [1.29, 1.82) is 5.26 Å². The van der Waals surface area contributed by atoms with Gasteiger partial charge in [0.25, 0.3) is 0 Å². The predicted molar refractivity (Wildman–Crippen MR) is 86.6 cm³/mol. The van der Waals surface area contributed by atoms with Crippen LogP contribution in [0.2, 0.25) is 0 Å². The summed E-state index contributed by atoms with van der Waals surface area (Å²) in [5.41, 5.74) is 1.38. The Hall–Kier alpha value is -2.06. The summed E-state index contributed by atoms with van der Waals surface area (Å²) in [4.78, 5) is 13.9. The van der Waals surface area contributed by atoms with Gasteiger partial charge in [-0.05, 0) is 50.3 Å². The first kappa shape index (κ1) is 15.8. The number of nitrogens with zero attached hydrogens (tertiary/aromatic N) is 2. The highest BCUT2D eigenvalue weighted by atomic mass is 16.6. The van der Waals surface area contributed by atoms with Crippen LogP contribution >= 0.6 is 0 Å². The van der Waals surface area contributed by atoms with Crippen LogP contribution in [-0.2, 0) is 11.3 Å². The van der Waals surface area contributed by atoms with Gasteiger partial charge in [0, 0.05) is 25.7 Å². The van der Waals surface area contributed by atoms with Crippen LogP contribution < -0.4 is 5.32 Å². The first-order valence-electron chi connectivity index (χ1n) is 8.08. The van der Waals surface area contributed by atoms with Crippen molar-refractivity contribution in [2.45, 2.75) is 39.0 Å². The van der Waals surface area contributed by atoms with Crippen LogP contribution in [0.1, 0.15) is 31.9 Å². The SMILES string of the molecule is CC(C)(C)OC(=O)N1CC2C(C1)C2NCc1cccc(C#N)c1. The fourth-order valence-corrected chi connectivity index (χ4v) is 3.29. The predicted octanol–water partition coefficient (Wildman–Crippen LogP) is 2.51. The molecule has 1 heterocycles. The van der Waals surface area contributed by atoms with E-state index in [-0.39, 0.29) is 6.09 Å². The van der Waals surface area contributed by atoms with E-state index in [9.17, 15) is 4.79 Å². The van der Waals surface area contributed by atoms with Gasteiger partial charge in [-0.2, -0.15) is 5.26 Å². The number of nitriles is 1. The third kappa shape index (κ3) is 3.65. The molecule has 23 heavy (non-hydrogen) atoms. The molecule has 5 nitrogen and oxygen atoms in total. The standard InChI is InChI=1S/C18H23N3O2/c1-18(2,3)23-17(22)21-10-14-15(11-21)16(14)20-9-13-6-4-5-12(7-13)8-19/h4-7,14-16,20H,9-11H2,1-3H3. The van der Waals surface area contributed by atoms with Gasteiger partial charge < -0.3 is 15.0 Å². The first-order valence-corrected chi connectivity index (χ1v) is 8.08. The molecule has 1 aromatic rings. The Morgan fingerprint density at radius 3 is 2.70 bits per heavy atom. The van der Waals surface area contributed by atoms with Gasteiger partial charge in [0.1, 0.15) is 5.60 Å². The summed E-state index contributed by atoms with van der Waals surface area (Å²) < 4.78 is 5.42. The fraction of sp³-hybridized carbons (Fsp3) is 0.556. The number of likely N-dealkylation sites (tertiary alicyclic amines) is 1. The second-order valence-electron chi connectivity index (χ2n) is 7.43. The number of hydrogen-bond donors (Lipinski definition) is 1. The van der Waals surface area contributed by atoms with Gasteiger partial charge in [0.2, 0.25) is 0 Å². The van der Waals surface area contributed by atoms with Crippen molar-refractivity contribution in [3.05, 3.63) is 35.4 Å². The smallest absolute Gasteiger partial charge is 0.410 e. The van der Waals surface area contributed by atoms with Crippen molar-refractivity contribution in [1.82, 2.24) is 10.2 Å². The lowest BCUT2D eigenvalue weighted by molar-refractivity contribution is 0.0269. The second-order valence-corrected chi connectivity index (χ2v) is 7.43. The molecule has 2 aliphatic rings. The van der Waals surface area contributed by atoms with E-state index in [2.05, 4.69) is 11.4 Å². The molecule has 2 fully saturated rings. The molecule has 1 saturated carbocycles. The lowest BCUT2D eigenvalue weighted by atomic mass is 10.1. The van der Waals surface area contributed by atoms with Gasteiger partial charge >= 0.3 is 6.09 Å². The Morgan fingerprint density at radius 2 is 2.09 bits per heavy atom. The lowest BCUT2D eigenvalue weighted by Crippen LogP contribution is -2.39. The molecule has 0 radical (unpaired) electrons. The minimum absolute atomic E-state index is 0.204. The normalized spacial score (nSPS) is 25.7. The van der Waals surface area contributed by atoms with Gasteiger partial charge in [0.15, 0.2) is 0 Å². The van der Waals surface area contributed by atoms with Crippen molar-refractivity contribution in [3.63, 3.8) is 0 Å². The van der Waals surface area contributed by atoms with Crippen LogP contribution in [0.3, 0.4) is 0 Å². The highest BCUT2D eigenvalue weighted by Gasteiger charge is 2.56. The van der Waals surface area contributed by atoms with E-state index >= 15 is 0 Å². The Balaban J connectivity index is 1.45. The van der Waals surface area contributed by atoms with Crippen molar-refractivity contribution in [2.75, 3.05) is 13.1 Å². The van der Waals surface area contributed by atoms with Crippen LogP contribution in [0.4, 0.5) is 4.79 Å². The number of amides is 1. The van der Waals surface area contributed by atoms with Crippen molar-refractivity contribution >= 4 is 6.09 Å². The molecule has 0 aromatic heterocycles. The Morgan fingerprint density at radius 1 is 1.39 bits per heavy atom. The summed E-state index contributed by atoms with van der Waals surface area (Å²) >= 11 is 0. The largest absolute Gasteiger partial charge is 0.444 e. The van der Waals surface area contributed by atoms with E-state index in [1.807, 2.05) is 49.9 Å². The van der Waals surface area contributed by atoms with E-state index in [0.29, 0.717) is 23.4 Å². The number of ether oxygens (including phenoxy) is 1. The number of carbonyl (C=O) groups is 1. The number of fused-ring (bicyclic) bond motifs is 1. The van der Waals surface area contributed by atoms with Gasteiger partial charge in [-0.1, -0.05) is 12.1 Å². The number of nitrogens with one attached hydrogen (secondary N) is 1. The molecule has 122 valence electrons. The summed E-state index contributed by atoms with van der Waals surface area (Å²) in [7, 11) is 0. The van der Waals surface area contributed by atoms with Gasteiger partial charge in [0.05, 0.1) is 11.6 Å². The summed E-state index contributed by atoms with van der Waals surface area (Å²) in [5.74, 6) is 1.06. The summed E-state index contributed by atoms with van der Waals surface area (Å²) in [6.07, 6.45) is -0.204. The number of benzene rings is 1. The van der Waals surface area contributed by atoms with Crippen LogP contribution in [0.15, 0.2) is 24.3 Å². The third-order valence-electron chi connectivity index (χ3n) is 4.44. The zero-order valence-corrected chi connectivity index (χ0v) is 13.9. The van der Waals surface area contributed by atoms with Crippen molar-refractivity contribution < 1.29 is 9.53 Å². The van der Waals surface area contributed by atoms with E-state index < -0.39 is 5.60 Å². The van der Waals surface area contributed by atoms with E-state index in [1.54, 1.807) is 0 Å². The maximum Gasteiger partial charge on any atom is 0.410 e. The lowest BCUT2D eigenvalue weighted by Gasteiger charge is -2.26. The van der Waals surface area contributed by atoms with Crippen molar-refractivity contribution in [3.8, 4) is 6.07 Å². The minimum Gasteiger partial charge on any atom is -0.444 e. The van der Waals surface area contributed by atoms with Gasteiger partial charge in [-0.25, -0.2) is 4.79 Å². The van der Waals surface area contributed by atoms with Crippen LogP contribution in [0.25, 0.3) is 0 Å². The molecule has 1 aliphatic heterocycles. The average molecular weight is 313 g/mol. The molecule has 2 unspecified atom stereocenters. The van der Waals surface area contributed by atoms with Crippen LogP contribution in [-0.4, -0.2) is 35.7 Å². The molecular weight excluding hydrogens is 290 g/mol. The molecule has 1 aromatic carbocycles. The maximum absolute atomic E-state index is 12.0. The molecule has 1 aliphatic carbocycles. The Bertz CT molecular complexity index is 632. The molecule has 3 rings (SSSR count). The summed E-state index contributed by atoms with van der Waals surface area (Å²) in [5, 5.41) is 12.5. The molecule has 5 heteroatoms. The third-order valence-corrected chi connectivity index (χ3v) is 4.44. The monoisotopic (exact) mass is 313 g/mol. The molecule has 0 spiro atoms. The van der Waals surface area contributed by atoms with Gasteiger partial charge in [-0.3, -0.25) is 0 Å². The molecule has 2 atom stereocenters. The maximum atomic E-state index is 12.0. The van der Waals surface area contributed by atoms with E-state index in [1.165, 1.54) is 0 Å². The Labute approximate surface area is 137 Å². The van der Waals surface area contributed by atoms with Crippen LogP contribution in [0.5, 0.6) is 0 Å². The summed E-state index contributed by atoms with van der Waals surface area (Å²) in [6.45, 7) is 7.98.